The van der Waals surface area contributed by atoms with Gasteiger partial charge in [-0.1, -0.05) is 6.42 Å². The van der Waals surface area contributed by atoms with Crippen molar-refractivity contribution in [1.29, 1.82) is 0 Å². The Morgan fingerprint density at radius 1 is 1.21 bits per heavy atom. The van der Waals surface area contributed by atoms with Gasteiger partial charge in [-0.3, -0.25) is 14.2 Å². The van der Waals surface area contributed by atoms with Gasteiger partial charge in [-0.15, -0.1) is 0 Å². The summed E-state index contributed by atoms with van der Waals surface area (Å²) in [6, 6.07) is 0. The Labute approximate surface area is 110 Å². The van der Waals surface area contributed by atoms with Crippen molar-refractivity contribution in [2.24, 2.45) is 31.8 Å². The smallest absolute Gasteiger partial charge is 0.303 e. The Morgan fingerprint density at radius 3 is 2.53 bits per heavy atom. The fourth-order valence-corrected chi connectivity index (χ4v) is 3.74. The minimum atomic E-state index is -0.462. The molecular formula is C14H18N2O3. The van der Waals surface area contributed by atoms with E-state index < -0.39 is 11.2 Å². The van der Waals surface area contributed by atoms with Crippen molar-refractivity contribution in [2.45, 2.75) is 25.7 Å². The zero-order valence-corrected chi connectivity index (χ0v) is 11.3. The van der Waals surface area contributed by atoms with Crippen LogP contribution >= 0.6 is 0 Å². The van der Waals surface area contributed by atoms with Gasteiger partial charge < -0.3 is 4.57 Å². The lowest BCUT2D eigenvalue weighted by Crippen LogP contribution is -2.41. The molecule has 1 heterocycles. The van der Waals surface area contributed by atoms with Gasteiger partial charge in [0.1, 0.15) is 0 Å². The maximum Gasteiger partial charge on any atom is 0.330 e. The Balaban J connectivity index is 2.01. The van der Waals surface area contributed by atoms with Crippen molar-refractivity contribution in [3.05, 3.63) is 32.6 Å². The van der Waals surface area contributed by atoms with E-state index in [-0.39, 0.29) is 17.3 Å². The summed E-state index contributed by atoms with van der Waals surface area (Å²) < 4.78 is 2.32. The summed E-state index contributed by atoms with van der Waals surface area (Å²) >= 11 is 0. The van der Waals surface area contributed by atoms with Gasteiger partial charge in [0.15, 0.2) is 5.78 Å². The van der Waals surface area contributed by atoms with Gasteiger partial charge in [0.05, 0.1) is 5.56 Å². The largest absolute Gasteiger partial charge is 0.330 e. The molecule has 0 aromatic carbocycles. The zero-order valence-electron chi connectivity index (χ0n) is 11.3. The van der Waals surface area contributed by atoms with Crippen molar-refractivity contribution in [2.75, 3.05) is 0 Å². The number of carbonyl (C=O) groups excluding carboxylic acids is 1. The van der Waals surface area contributed by atoms with Crippen LogP contribution in [-0.4, -0.2) is 14.9 Å². The number of hydrogen-bond acceptors (Lipinski definition) is 3. The Kier molecular flexibility index (Phi) is 2.73. The average Bonchev–Trinajstić information content (AvgIpc) is 3.02. The average molecular weight is 262 g/mol. The van der Waals surface area contributed by atoms with Crippen molar-refractivity contribution in [1.82, 2.24) is 9.13 Å². The minimum absolute atomic E-state index is 0.0102. The molecule has 1 aromatic heterocycles. The monoisotopic (exact) mass is 262 g/mol. The van der Waals surface area contributed by atoms with E-state index in [1.165, 1.54) is 24.2 Å². The summed E-state index contributed by atoms with van der Waals surface area (Å²) in [5.41, 5.74) is -0.687. The lowest BCUT2D eigenvalue weighted by Gasteiger charge is -2.20. The van der Waals surface area contributed by atoms with Gasteiger partial charge in [0.2, 0.25) is 0 Å². The number of hydrogen-bond donors (Lipinski definition) is 0. The first-order valence-corrected chi connectivity index (χ1v) is 6.80. The molecule has 0 saturated heterocycles. The highest BCUT2D eigenvalue weighted by atomic mass is 16.2. The first-order chi connectivity index (χ1) is 8.99. The summed E-state index contributed by atoms with van der Waals surface area (Å²) in [7, 11) is 2.99. The van der Waals surface area contributed by atoms with Crippen LogP contribution in [0.1, 0.15) is 36.0 Å². The number of rotatable bonds is 2. The van der Waals surface area contributed by atoms with Crippen molar-refractivity contribution < 1.29 is 4.79 Å². The highest BCUT2D eigenvalue weighted by Crippen LogP contribution is 2.49. The number of nitrogens with zero attached hydrogens (tertiary/aromatic N) is 2. The fraction of sp³-hybridized carbons (Fsp3) is 0.643. The molecule has 2 bridgehead atoms. The quantitative estimate of drug-likeness (QED) is 0.737. The number of fused-ring (bicyclic) bond motifs is 2. The van der Waals surface area contributed by atoms with Crippen LogP contribution in [0.2, 0.25) is 0 Å². The second-order valence-electron chi connectivity index (χ2n) is 5.95. The van der Waals surface area contributed by atoms with E-state index in [1.54, 1.807) is 7.05 Å². The summed E-state index contributed by atoms with van der Waals surface area (Å²) in [6.07, 6.45) is 5.77. The second kappa shape index (κ2) is 4.18. The van der Waals surface area contributed by atoms with E-state index in [1.807, 2.05) is 0 Å². The van der Waals surface area contributed by atoms with Crippen LogP contribution < -0.4 is 11.2 Å². The molecule has 0 amide bonds. The van der Waals surface area contributed by atoms with Gasteiger partial charge in [-0.25, -0.2) is 4.79 Å². The number of Topliss-reactive ketones (excluding diaryl/α,β-unsaturated/α-hetero) is 1. The van der Waals surface area contributed by atoms with Crippen LogP contribution in [0.4, 0.5) is 0 Å². The Hall–Kier alpha value is -1.65. The van der Waals surface area contributed by atoms with Crippen LogP contribution in [0.3, 0.4) is 0 Å². The van der Waals surface area contributed by atoms with Gasteiger partial charge >= 0.3 is 5.69 Å². The molecule has 2 aliphatic rings. The minimum Gasteiger partial charge on any atom is -0.303 e. The normalized spacial score (nSPS) is 28.8. The molecule has 0 radical (unpaired) electrons. The third kappa shape index (κ3) is 1.79. The first-order valence-electron chi connectivity index (χ1n) is 6.80. The maximum atomic E-state index is 12.5. The molecule has 5 nitrogen and oxygen atoms in total. The van der Waals surface area contributed by atoms with E-state index in [0.717, 1.165) is 23.8 Å². The number of carbonyl (C=O) groups is 1. The second-order valence-corrected chi connectivity index (χ2v) is 5.95. The molecule has 2 aliphatic carbocycles. The maximum absolute atomic E-state index is 12.5. The van der Waals surface area contributed by atoms with Gasteiger partial charge in [-0.05, 0) is 31.1 Å². The lowest BCUT2D eigenvalue weighted by molar-refractivity contribution is 0.0871. The van der Waals surface area contributed by atoms with E-state index in [9.17, 15) is 14.4 Å². The highest BCUT2D eigenvalue weighted by molar-refractivity contribution is 5.97. The highest BCUT2D eigenvalue weighted by Gasteiger charge is 2.43. The topological polar surface area (TPSA) is 61.1 Å². The van der Waals surface area contributed by atoms with Gasteiger partial charge in [0.25, 0.3) is 5.56 Å². The van der Waals surface area contributed by atoms with Gasteiger partial charge in [0, 0.05) is 26.2 Å². The van der Waals surface area contributed by atoms with E-state index in [2.05, 4.69) is 0 Å². The molecule has 3 rings (SSSR count). The summed E-state index contributed by atoms with van der Waals surface area (Å²) in [4.78, 5) is 36.2. The van der Waals surface area contributed by atoms with Crippen LogP contribution in [0.25, 0.3) is 0 Å². The van der Waals surface area contributed by atoms with Crippen LogP contribution in [0.5, 0.6) is 0 Å². The van der Waals surface area contributed by atoms with Crippen LogP contribution in [-0.2, 0) is 14.1 Å². The van der Waals surface area contributed by atoms with Crippen molar-refractivity contribution in [3.63, 3.8) is 0 Å². The summed E-state index contributed by atoms with van der Waals surface area (Å²) in [5, 5.41) is 0. The first kappa shape index (κ1) is 12.4. The van der Waals surface area contributed by atoms with Crippen LogP contribution in [0, 0.1) is 17.8 Å². The van der Waals surface area contributed by atoms with E-state index >= 15 is 0 Å². The SMILES string of the molecule is Cn1cc(C(=O)C2CC3CCC2C3)c(=O)n(C)c1=O. The standard InChI is InChI=1S/C14H18N2O3/c1-15-7-11(13(18)16(2)14(15)19)12(17)10-6-8-3-4-9(10)5-8/h7-10H,3-6H2,1-2H3. The molecule has 3 atom stereocenters. The zero-order chi connectivity index (χ0) is 13.7. The molecule has 19 heavy (non-hydrogen) atoms. The Morgan fingerprint density at radius 2 is 1.95 bits per heavy atom. The molecule has 0 spiro atoms. The lowest BCUT2D eigenvalue weighted by atomic mass is 9.84. The molecule has 0 N–H and O–H groups in total. The summed E-state index contributed by atoms with van der Waals surface area (Å²) in [5.74, 6) is 1.03. The fourth-order valence-electron chi connectivity index (χ4n) is 3.74. The number of ketones is 1. The van der Waals surface area contributed by atoms with E-state index in [4.69, 9.17) is 0 Å². The third-order valence-corrected chi connectivity index (χ3v) is 4.79. The van der Waals surface area contributed by atoms with Crippen LogP contribution in [0.15, 0.2) is 15.8 Å². The molecule has 3 unspecified atom stereocenters. The third-order valence-electron chi connectivity index (χ3n) is 4.79. The molecule has 2 fully saturated rings. The van der Waals surface area contributed by atoms with Crippen molar-refractivity contribution >= 4 is 5.78 Å². The molecule has 1 aromatic rings. The number of aromatic nitrogens is 2. The molecule has 0 aliphatic heterocycles. The molecule has 2 saturated carbocycles. The molecule has 5 heteroatoms. The van der Waals surface area contributed by atoms with Gasteiger partial charge in [-0.2, -0.15) is 0 Å². The summed E-state index contributed by atoms with van der Waals surface area (Å²) in [6.45, 7) is 0. The molecular weight excluding hydrogens is 244 g/mol. The number of aryl methyl sites for hydroxylation is 1. The predicted molar refractivity (Wildman–Crippen MR) is 70.2 cm³/mol. The van der Waals surface area contributed by atoms with E-state index in [0.29, 0.717) is 11.8 Å². The van der Waals surface area contributed by atoms with Crippen molar-refractivity contribution in [3.8, 4) is 0 Å². The molecule has 102 valence electrons. The predicted octanol–water partition coefficient (Wildman–Crippen LogP) is 0.703. The Bertz CT molecular complexity index is 656.